The summed E-state index contributed by atoms with van der Waals surface area (Å²) < 4.78 is 5.65. The number of ether oxygens (including phenoxy) is 1. The Hall–Kier alpha value is -1.20. The Morgan fingerprint density at radius 1 is 1.26 bits per heavy atom. The molecule has 1 aliphatic carbocycles. The van der Waals surface area contributed by atoms with Gasteiger partial charge in [-0.1, -0.05) is 0 Å². The third-order valence-corrected chi connectivity index (χ3v) is 5.26. The molecule has 5 heteroatoms. The lowest BCUT2D eigenvalue weighted by atomic mass is 10.1. The Morgan fingerprint density at radius 2 is 2.21 bits per heavy atom. The van der Waals surface area contributed by atoms with E-state index in [1.165, 1.54) is 23.3 Å². The molecule has 1 saturated heterocycles. The van der Waals surface area contributed by atoms with Crippen molar-refractivity contribution < 1.29 is 4.74 Å². The number of anilines is 1. The normalized spacial score (nSPS) is 22.2. The van der Waals surface area contributed by atoms with E-state index in [9.17, 15) is 0 Å². The zero-order valence-corrected chi connectivity index (χ0v) is 11.6. The molecule has 2 aromatic heterocycles. The lowest BCUT2D eigenvalue weighted by Gasteiger charge is -2.08. The zero-order valence-electron chi connectivity index (χ0n) is 10.8. The highest BCUT2D eigenvalue weighted by atomic mass is 32.1. The molecule has 1 aliphatic heterocycles. The van der Waals surface area contributed by atoms with Gasteiger partial charge in [-0.3, -0.25) is 0 Å². The Bertz CT molecular complexity index is 631. The second-order valence-corrected chi connectivity index (χ2v) is 6.49. The minimum Gasteiger partial charge on any atom is -0.383 e. The van der Waals surface area contributed by atoms with Gasteiger partial charge in [-0.2, -0.15) is 0 Å². The fourth-order valence-corrected chi connectivity index (χ4v) is 4.46. The van der Waals surface area contributed by atoms with Crippen LogP contribution in [0.3, 0.4) is 0 Å². The molecule has 0 amide bonds. The van der Waals surface area contributed by atoms with Gasteiger partial charge in [0, 0.05) is 17.9 Å². The van der Waals surface area contributed by atoms with Crippen molar-refractivity contribution in [1.29, 1.82) is 0 Å². The van der Waals surface area contributed by atoms with E-state index in [4.69, 9.17) is 15.5 Å². The Balaban J connectivity index is 1.73. The lowest BCUT2D eigenvalue weighted by molar-refractivity contribution is 0.110. The van der Waals surface area contributed by atoms with Crippen molar-refractivity contribution in [2.24, 2.45) is 0 Å². The van der Waals surface area contributed by atoms with Crippen LogP contribution in [0.2, 0.25) is 0 Å². The van der Waals surface area contributed by atoms with Crippen molar-refractivity contribution in [3.05, 3.63) is 16.3 Å². The van der Waals surface area contributed by atoms with Crippen LogP contribution >= 0.6 is 11.3 Å². The summed E-state index contributed by atoms with van der Waals surface area (Å²) in [6.07, 6.45) is 6.89. The predicted molar refractivity (Wildman–Crippen MR) is 76.5 cm³/mol. The summed E-state index contributed by atoms with van der Waals surface area (Å²) in [6.45, 7) is 0.871. The van der Waals surface area contributed by atoms with Gasteiger partial charge in [0.05, 0.1) is 11.5 Å². The van der Waals surface area contributed by atoms with E-state index >= 15 is 0 Å². The number of aryl methyl sites for hydroxylation is 2. The van der Waals surface area contributed by atoms with E-state index in [1.54, 1.807) is 11.3 Å². The molecule has 0 radical (unpaired) electrons. The first-order valence-electron chi connectivity index (χ1n) is 6.99. The maximum atomic E-state index is 6.16. The number of rotatable bonds is 2. The molecule has 0 bridgehead atoms. The monoisotopic (exact) mass is 275 g/mol. The van der Waals surface area contributed by atoms with Crippen molar-refractivity contribution >= 4 is 27.4 Å². The van der Waals surface area contributed by atoms with Crippen LogP contribution in [0.4, 0.5) is 5.82 Å². The minimum atomic E-state index is 0.281. The first-order chi connectivity index (χ1) is 9.31. The SMILES string of the molecule is Nc1nc(CC2CCCO2)nc2sc3c(c12)CCC3. The first kappa shape index (κ1) is 11.6. The highest BCUT2D eigenvalue weighted by molar-refractivity contribution is 7.19. The number of hydrogen-bond acceptors (Lipinski definition) is 5. The number of fused-ring (bicyclic) bond motifs is 3. The largest absolute Gasteiger partial charge is 0.383 e. The molecule has 0 saturated carbocycles. The summed E-state index contributed by atoms with van der Waals surface area (Å²) >= 11 is 1.80. The van der Waals surface area contributed by atoms with Gasteiger partial charge in [0.2, 0.25) is 0 Å². The number of thiophene rings is 1. The maximum absolute atomic E-state index is 6.16. The van der Waals surface area contributed by atoms with Crippen LogP contribution in [0, 0.1) is 0 Å². The van der Waals surface area contributed by atoms with Crippen molar-refractivity contribution in [2.45, 2.75) is 44.6 Å². The summed E-state index contributed by atoms with van der Waals surface area (Å²) in [5, 5.41) is 1.12. The molecule has 4 rings (SSSR count). The Morgan fingerprint density at radius 3 is 3.05 bits per heavy atom. The van der Waals surface area contributed by atoms with Gasteiger partial charge in [0.15, 0.2) is 0 Å². The highest BCUT2D eigenvalue weighted by Crippen LogP contribution is 2.38. The number of hydrogen-bond donors (Lipinski definition) is 1. The fraction of sp³-hybridized carbons (Fsp3) is 0.571. The second-order valence-electron chi connectivity index (χ2n) is 5.40. The summed E-state index contributed by atoms with van der Waals surface area (Å²) in [6, 6.07) is 0. The van der Waals surface area contributed by atoms with E-state index in [2.05, 4.69) is 4.98 Å². The fourth-order valence-electron chi connectivity index (χ4n) is 3.17. The predicted octanol–water partition coefficient (Wildman–Crippen LogP) is 2.48. The van der Waals surface area contributed by atoms with E-state index in [-0.39, 0.29) is 6.10 Å². The topological polar surface area (TPSA) is 61.0 Å². The van der Waals surface area contributed by atoms with Crippen LogP contribution < -0.4 is 5.73 Å². The highest BCUT2D eigenvalue weighted by Gasteiger charge is 2.23. The van der Waals surface area contributed by atoms with Crippen LogP contribution in [0.5, 0.6) is 0 Å². The third-order valence-electron chi connectivity index (χ3n) is 4.07. The van der Waals surface area contributed by atoms with Crippen LogP contribution in [-0.2, 0) is 24.0 Å². The molecule has 3 heterocycles. The molecule has 2 N–H and O–H groups in total. The van der Waals surface area contributed by atoms with Crippen molar-refractivity contribution in [2.75, 3.05) is 12.3 Å². The average molecular weight is 275 g/mol. The van der Waals surface area contributed by atoms with Crippen LogP contribution in [-0.4, -0.2) is 22.7 Å². The van der Waals surface area contributed by atoms with Gasteiger partial charge in [0.25, 0.3) is 0 Å². The van der Waals surface area contributed by atoms with Crippen LogP contribution in [0.25, 0.3) is 10.2 Å². The molecule has 2 aromatic rings. The van der Waals surface area contributed by atoms with E-state index in [0.29, 0.717) is 5.82 Å². The molecule has 1 atom stereocenters. The number of nitrogen functional groups attached to an aromatic ring is 1. The van der Waals surface area contributed by atoms with Gasteiger partial charge in [-0.15, -0.1) is 11.3 Å². The number of nitrogens with two attached hydrogens (primary N) is 1. The summed E-state index contributed by atoms with van der Waals surface area (Å²) in [5.74, 6) is 1.51. The molecule has 100 valence electrons. The third kappa shape index (κ3) is 1.92. The molecule has 4 nitrogen and oxygen atoms in total. The molecule has 1 unspecified atom stereocenters. The van der Waals surface area contributed by atoms with Crippen molar-refractivity contribution in [3.8, 4) is 0 Å². The lowest BCUT2D eigenvalue weighted by Crippen LogP contribution is -2.12. The quantitative estimate of drug-likeness (QED) is 0.914. The summed E-state index contributed by atoms with van der Waals surface area (Å²) in [4.78, 5) is 11.8. The van der Waals surface area contributed by atoms with Crippen LogP contribution in [0.1, 0.15) is 35.5 Å². The van der Waals surface area contributed by atoms with Gasteiger partial charge >= 0.3 is 0 Å². The Labute approximate surface area is 116 Å². The average Bonchev–Trinajstić information content (AvgIpc) is 3.03. The van der Waals surface area contributed by atoms with E-state index in [1.807, 2.05) is 0 Å². The summed E-state index contributed by atoms with van der Waals surface area (Å²) in [7, 11) is 0. The molecular weight excluding hydrogens is 258 g/mol. The maximum Gasteiger partial charge on any atom is 0.136 e. The summed E-state index contributed by atoms with van der Waals surface area (Å²) in [5.41, 5.74) is 7.57. The minimum absolute atomic E-state index is 0.281. The van der Waals surface area contributed by atoms with Gasteiger partial charge in [-0.25, -0.2) is 9.97 Å². The van der Waals surface area contributed by atoms with Crippen molar-refractivity contribution in [3.63, 3.8) is 0 Å². The number of nitrogens with zero attached hydrogens (tertiary/aromatic N) is 2. The smallest absolute Gasteiger partial charge is 0.136 e. The first-order valence-corrected chi connectivity index (χ1v) is 7.81. The molecule has 0 aromatic carbocycles. The second kappa shape index (κ2) is 4.42. The van der Waals surface area contributed by atoms with Crippen molar-refractivity contribution in [1.82, 2.24) is 9.97 Å². The van der Waals surface area contributed by atoms with Crippen LogP contribution in [0.15, 0.2) is 0 Å². The standard InChI is InChI=1S/C14H17N3OS/c15-13-12-9-4-1-5-10(9)19-14(12)17-11(16-13)7-8-3-2-6-18-8/h8H,1-7H2,(H2,15,16,17). The molecule has 19 heavy (non-hydrogen) atoms. The van der Waals surface area contributed by atoms with E-state index in [0.717, 1.165) is 48.3 Å². The van der Waals surface area contributed by atoms with E-state index < -0.39 is 0 Å². The van der Waals surface area contributed by atoms with Gasteiger partial charge < -0.3 is 10.5 Å². The molecular formula is C14H17N3OS. The number of aromatic nitrogens is 2. The van der Waals surface area contributed by atoms with Gasteiger partial charge in [-0.05, 0) is 37.7 Å². The van der Waals surface area contributed by atoms with Gasteiger partial charge in [0.1, 0.15) is 16.5 Å². The molecule has 0 spiro atoms. The Kier molecular flexibility index (Phi) is 2.70. The molecule has 1 fully saturated rings. The zero-order chi connectivity index (χ0) is 12.8. The molecule has 2 aliphatic rings.